The molecule has 116 valence electrons. The zero-order chi connectivity index (χ0) is 16.4. The van der Waals surface area contributed by atoms with Gasteiger partial charge in [0.1, 0.15) is 6.17 Å². The minimum atomic E-state index is -1.26. The van der Waals surface area contributed by atoms with E-state index in [1.54, 1.807) is 18.2 Å². The molecule has 2 unspecified atom stereocenters. The van der Waals surface area contributed by atoms with Gasteiger partial charge in [-0.2, -0.15) is 0 Å². The van der Waals surface area contributed by atoms with E-state index in [1.807, 2.05) is 13.8 Å². The molecule has 0 saturated heterocycles. The predicted octanol–water partition coefficient (Wildman–Crippen LogP) is 5.08. The van der Waals surface area contributed by atoms with Crippen LogP contribution < -0.4 is 5.32 Å². The lowest BCUT2D eigenvalue weighted by atomic mass is 10.0. The quantitative estimate of drug-likeness (QED) is 0.724. The van der Waals surface area contributed by atoms with E-state index in [9.17, 15) is 9.18 Å². The Morgan fingerprint density at radius 1 is 1.33 bits per heavy atom. The fraction of sp³-hybridized carbons (Fsp3) is 0.312. The third-order valence-corrected chi connectivity index (χ3v) is 3.45. The average Bonchev–Trinajstić information content (AvgIpc) is 2.52. The van der Waals surface area contributed by atoms with Crippen LogP contribution in [0, 0.1) is 5.92 Å². The van der Waals surface area contributed by atoms with Gasteiger partial charge >= 0.3 is 0 Å². The van der Waals surface area contributed by atoms with Crippen LogP contribution in [-0.2, 0) is 0 Å². The van der Waals surface area contributed by atoms with Crippen molar-refractivity contribution in [2.45, 2.75) is 20.0 Å². The Balaban J connectivity index is 0.00000191. The largest absolute Gasteiger partial charge is 0.351 e. The van der Waals surface area contributed by atoms with E-state index in [0.717, 1.165) is 0 Å². The number of carbonyl (C=O) groups is 1. The number of rotatable bonds is 6. The van der Waals surface area contributed by atoms with Crippen LogP contribution in [0.15, 0.2) is 43.5 Å². The summed E-state index contributed by atoms with van der Waals surface area (Å²) >= 11 is 11.7. The molecule has 1 rings (SSSR count). The zero-order valence-electron chi connectivity index (χ0n) is 12.2. The Morgan fingerprint density at radius 3 is 2.48 bits per heavy atom. The Labute approximate surface area is 135 Å². The number of allylic oxidation sites excluding steroid dienone is 1. The maximum atomic E-state index is 13.4. The second-order valence-corrected chi connectivity index (χ2v) is 4.68. The summed E-state index contributed by atoms with van der Waals surface area (Å²) in [6, 6.07) is 4.76. The summed E-state index contributed by atoms with van der Waals surface area (Å²) in [5.74, 6) is -0.935. The van der Waals surface area contributed by atoms with Crippen LogP contribution in [0.5, 0.6) is 0 Å². The molecule has 1 aromatic rings. The van der Waals surface area contributed by atoms with Crippen molar-refractivity contribution >= 4 is 29.1 Å². The molecule has 2 nitrogen and oxygen atoms in total. The van der Waals surface area contributed by atoms with Gasteiger partial charge in [0.25, 0.3) is 5.91 Å². The molecular weight excluding hydrogens is 312 g/mol. The Morgan fingerprint density at radius 2 is 1.95 bits per heavy atom. The van der Waals surface area contributed by atoms with E-state index in [4.69, 9.17) is 23.2 Å². The summed E-state index contributed by atoms with van der Waals surface area (Å²) in [7, 11) is 0. The average molecular weight is 332 g/mol. The van der Waals surface area contributed by atoms with Gasteiger partial charge in [-0.15, -0.1) is 13.2 Å². The maximum Gasteiger partial charge on any atom is 0.252 e. The lowest BCUT2D eigenvalue weighted by Gasteiger charge is -2.15. The molecule has 0 aliphatic rings. The first-order chi connectivity index (χ1) is 10.0. The second kappa shape index (κ2) is 10.4. The van der Waals surface area contributed by atoms with Gasteiger partial charge in [0, 0.05) is 12.5 Å². The molecule has 0 saturated carbocycles. The summed E-state index contributed by atoms with van der Waals surface area (Å²) in [6.07, 6.45) is 1.35. The third-order valence-electron chi connectivity index (χ3n) is 2.63. The Hall–Kier alpha value is -1.32. The van der Waals surface area contributed by atoms with Gasteiger partial charge < -0.3 is 5.32 Å². The molecule has 1 N–H and O–H groups in total. The van der Waals surface area contributed by atoms with Crippen molar-refractivity contribution in [2.75, 3.05) is 6.54 Å². The highest BCUT2D eigenvalue weighted by molar-refractivity contribution is 6.43. The molecule has 21 heavy (non-hydrogen) atoms. The van der Waals surface area contributed by atoms with E-state index in [-0.39, 0.29) is 17.1 Å². The summed E-state index contributed by atoms with van der Waals surface area (Å²) in [6.45, 7) is 11.0. The maximum absolute atomic E-state index is 13.4. The zero-order valence-corrected chi connectivity index (χ0v) is 13.7. The van der Waals surface area contributed by atoms with Crippen molar-refractivity contribution in [3.05, 3.63) is 59.1 Å². The first-order valence-electron chi connectivity index (χ1n) is 6.62. The van der Waals surface area contributed by atoms with Crippen LogP contribution in [0.4, 0.5) is 4.39 Å². The molecule has 2 atom stereocenters. The molecule has 1 amide bonds. The number of benzene rings is 1. The number of hydrogen-bond acceptors (Lipinski definition) is 1. The van der Waals surface area contributed by atoms with Crippen molar-refractivity contribution in [3.63, 3.8) is 0 Å². The molecule has 0 aliphatic heterocycles. The number of hydrogen-bond donors (Lipinski definition) is 1. The van der Waals surface area contributed by atoms with E-state index in [1.165, 1.54) is 12.2 Å². The van der Waals surface area contributed by atoms with Crippen molar-refractivity contribution in [1.82, 2.24) is 5.32 Å². The smallest absolute Gasteiger partial charge is 0.252 e. The fourth-order valence-corrected chi connectivity index (χ4v) is 1.87. The highest BCUT2D eigenvalue weighted by Crippen LogP contribution is 2.25. The number of alkyl halides is 1. The number of amides is 1. The van der Waals surface area contributed by atoms with Crippen LogP contribution in [0.2, 0.25) is 10.0 Å². The van der Waals surface area contributed by atoms with Gasteiger partial charge in [-0.25, -0.2) is 4.39 Å². The highest BCUT2D eigenvalue weighted by Gasteiger charge is 2.17. The molecule has 0 radical (unpaired) electrons. The monoisotopic (exact) mass is 331 g/mol. The van der Waals surface area contributed by atoms with Crippen molar-refractivity contribution < 1.29 is 9.18 Å². The summed E-state index contributed by atoms with van der Waals surface area (Å²) in [5, 5.41) is 3.07. The molecule has 0 bridgehead atoms. The topological polar surface area (TPSA) is 29.1 Å². The van der Waals surface area contributed by atoms with Crippen LogP contribution in [-0.4, -0.2) is 18.6 Å². The molecular formula is C16H20Cl2FNO. The van der Waals surface area contributed by atoms with E-state index < -0.39 is 18.0 Å². The molecule has 0 spiro atoms. The first-order valence-corrected chi connectivity index (χ1v) is 7.38. The standard InChI is InChI=1S/C14H14Cl2FNO.C2H6/c1-3-9(12(17)4-2)8-18-14(19)10-6-5-7-11(15)13(10)16;1-2/h3-7,9,12H,1-2,8H2,(H,18,19);1-2H3. The van der Waals surface area contributed by atoms with Crippen molar-refractivity contribution in [1.29, 1.82) is 0 Å². The number of nitrogens with one attached hydrogen (secondary N) is 1. The van der Waals surface area contributed by atoms with Gasteiger partial charge in [0.2, 0.25) is 0 Å². The number of halogens is 3. The van der Waals surface area contributed by atoms with Crippen molar-refractivity contribution in [3.8, 4) is 0 Å². The minimum absolute atomic E-state index is 0.109. The lowest BCUT2D eigenvalue weighted by Crippen LogP contribution is -2.32. The molecule has 1 aromatic carbocycles. The van der Waals surface area contributed by atoms with E-state index in [2.05, 4.69) is 18.5 Å². The van der Waals surface area contributed by atoms with Gasteiger partial charge in [-0.3, -0.25) is 4.79 Å². The minimum Gasteiger partial charge on any atom is -0.351 e. The van der Waals surface area contributed by atoms with Crippen LogP contribution >= 0.6 is 23.2 Å². The fourth-order valence-electron chi connectivity index (χ4n) is 1.49. The van der Waals surface area contributed by atoms with Crippen LogP contribution in [0.25, 0.3) is 0 Å². The van der Waals surface area contributed by atoms with Gasteiger partial charge in [0.05, 0.1) is 15.6 Å². The van der Waals surface area contributed by atoms with Crippen LogP contribution in [0.1, 0.15) is 24.2 Å². The van der Waals surface area contributed by atoms with E-state index >= 15 is 0 Å². The molecule has 0 aliphatic carbocycles. The van der Waals surface area contributed by atoms with Gasteiger partial charge in [-0.1, -0.05) is 55.3 Å². The second-order valence-electron chi connectivity index (χ2n) is 3.89. The Kier molecular flexibility index (Phi) is 9.76. The summed E-state index contributed by atoms with van der Waals surface area (Å²) < 4.78 is 13.4. The summed E-state index contributed by atoms with van der Waals surface area (Å²) in [5.41, 5.74) is 0.256. The first kappa shape index (κ1) is 19.7. The van der Waals surface area contributed by atoms with Crippen LogP contribution in [0.3, 0.4) is 0 Å². The third kappa shape index (κ3) is 5.90. The molecule has 0 heterocycles. The molecule has 5 heteroatoms. The predicted molar refractivity (Wildman–Crippen MR) is 88.9 cm³/mol. The highest BCUT2D eigenvalue weighted by atomic mass is 35.5. The SMILES string of the molecule is C=CC(F)C(C=C)CNC(=O)c1cccc(Cl)c1Cl.CC. The van der Waals surface area contributed by atoms with E-state index in [0.29, 0.717) is 5.02 Å². The van der Waals surface area contributed by atoms with Gasteiger partial charge in [0.15, 0.2) is 0 Å². The normalized spacial score (nSPS) is 12.4. The van der Waals surface area contributed by atoms with Gasteiger partial charge in [-0.05, 0) is 12.1 Å². The summed E-state index contributed by atoms with van der Waals surface area (Å²) in [4.78, 5) is 11.9. The van der Waals surface area contributed by atoms with Crippen molar-refractivity contribution in [2.24, 2.45) is 5.92 Å². The number of carbonyl (C=O) groups excluding carboxylic acids is 1. The molecule has 0 fully saturated rings. The Bertz CT molecular complexity index is 491. The lowest BCUT2D eigenvalue weighted by molar-refractivity contribution is 0.0946. The molecule has 0 aromatic heterocycles.